The molecule has 1 saturated heterocycles. The van der Waals surface area contributed by atoms with E-state index in [1.54, 1.807) is 11.3 Å². The van der Waals surface area contributed by atoms with Crippen LogP contribution in [0.5, 0.6) is 10.9 Å². The van der Waals surface area contributed by atoms with Crippen molar-refractivity contribution < 1.29 is 14.3 Å². The van der Waals surface area contributed by atoms with Gasteiger partial charge in [0, 0.05) is 48.8 Å². The maximum absolute atomic E-state index is 12.0. The van der Waals surface area contributed by atoms with Crippen LogP contribution < -0.4 is 10.1 Å². The number of aromatic nitrogens is 2. The highest BCUT2D eigenvalue weighted by molar-refractivity contribution is 7.20. The second-order valence-electron chi connectivity index (χ2n) is 9.77. The molecule has 8 heteroatoms. The molecule has 4 aromatic rings. The van der Waals surface area contributed by atoms with E-state index in [0.717, 1.165) is 54.0 Å². The molecule has 1 aliphatic heterocycles. The van der Waals surface area contributed by atoms with E-state index in [0.29, 0.717) is 5.19 Å². The average molecular weight is 479 g/mol. The summed E-state index contributed by atoms with van der Waals surface area (Å²) in [4.78, 5) is 22.4. The van der Waals surface area contributed by atoms with E-state index in [1.165, 1.54) is 10.9 Å². The molecule has 0 radical (unpaired) electrons. The topological polar surface area (TPSA) is 79.5 Å². The van der Waals surface area contributed by atoms with Gasteiger partial charge in [-0.25, -0.2) is 9.78 Å². The molecule has 0 saturated carbocycles. The highest BCUT2D eigenvalue weighted by atomic mass is 32.1. The Bertz CT molecular complexity index is 1270. The molecule has 0 aliphatic carbocycles. The van der Waals surface area contributed by atoms with Gasteiger partial charge in [-0.1, -0.05) is 23.5 Å². The van der Waals surface area contributed by atoms with Crippen LogP contribution in [0, 0.1) is 0 Å². The van der Waals surface area contributed by atoms with E-state index in [2.05, 4.69) is 38.5 Å². The maximum Gasteiger partial charge on any atom is 0.407 e. The molecule has 7 nitrogen and oxygen atoms in total. The Kier molecular flexibility index (Phi) is 6.18. The Balaban J connectivity index is 1.18. The zero-order valence-corrected chi connectivity index (χ0v) is 20.6. The molecule has 0 unspecified atom stereocenters. The number of rotatable bonds is 5. The Morgan fingerprint density at radius 3 is 2.76 bits per heavy atom. The Morgan fingerprint density at radius 2 is 2.00 bits per heavy atom. The maximum atomic E-state index is 12.0. The number of thiazole rings is 1. The number of alkyl carbamates (subject to hydrolysis) is 1. The molecule has 2 aromatic carbocycles. The molecule has 178 valence electrons. The third-order valence-electron chi connectivity index (χ3n) is 5.92. The van der Waals surface area contributed by atoms with Crippen LogP contribution in [0.25, 0.3) is 21.1 Å². The molecule has 0 spiro atoms. The van der Waals surface area contributed by atoms with Crippen LogP contribution in [-0.4, -0.2) is 45.7 Å². The Morgan fingerprint density at radius 1 is 1.21 bits per heavy atom. The van der Waals surface area contributed by atoms with E-state index < -0.39 is 5.60 Å². The second-order valence-corrected chi connectivity index (χ2v) is 10.8. The summed E-state index contributed by atoms with van der Waals surface area (Å²) in [6.45, 7) is 8.39. The molecule has 1 amide bonds. The van der Waals surface area contributed by atoms with E-state index in [-0.39, 0.29) is 12.1 Å². The van der Waals surface area contributed by atoms with Crippen molar-refractivity contribution >= 4 is 38.5 Å². The molecular formula is C26H30N4O3S. The lowest BCUT2D eigenvalue weighted by molar-refractivity contribution is 0.0477. The zero-order chi connectivity index (χ0) is 23.7. The number of hydrogen-bond donors (Lipinski definition) is 2. The summed E-state index contributed by atoms with van der Waals surface area (Å²) in [6, 6.07) is 14.4. The Hall–Kier alpha value is -3.10. The number of para-hydroxylation sites is 1. The summed E-state index contributed by atoms with van der Waals surface area (Å²) in [5, 5.41) is 4.85. The predicted molar refractivity (Wildman–Crippen MR) is 136 cm³/mol. The standard InChI is InChI=1S/C26H30N4O3S/c1-26(2,3)33-24(31)28-18-10-12-30(13-11-18)16-17-15-27-22-14-19(8-9-20(17)22)32-25-29-21-6-4-5-7-23(21)34-25/h4-9,14-15,18,27H,10-13,16H2,1-3H3,(H,28,31). The summed E-state index contributed by atoms with van der Waals surface area (Å²) in [7, 11) is 0. The first-order valence-corrected chi connectivity index (χ1v) is 12.5. The summed E-state index contributed by atoms with van der Waals surface area (Å²) >= 11 is 1.55. The van der Waals surface area contributed by atoms with Crippen molar-refractivity contribution in [3.05, 3.63) is 54.2 Å². The highest BCUT2D eigenvalue weighted by Gasteiger charge is 2.24. The van der Waals surface area contributed by atoms with Crippen LogP contribution in [0.4, 0.5) is 4.79 Å². The van der Waals surface area contributed by atoms with Crippen molar-refractivity contribution in [3.8, 4) is 10.9 Å². The number of nitrogens with one attached hydrogen (secondary N) is 2. The second kappa shape index (κ2) is 9.27. The van der Waals surface area contributed by atoms with Gasteiger partial charge in [0.2, 0.25) is 0 Å². The molecule has 1 fully saturated rings. The first kappa shape index (κ1) is 22.7. The minimum atomic E-state index is -0.473. The van der Waals surface area contributed by atoms with Gasteiger partial charge in [0.1, 0.15) is 11.4 Å². The number of ether oxygens (including phenoxy) is 2. The number of benzene rings is 2. The van der Waals surface area contributed by atoms with Gasteiger partial charge < -0.3 is 19.8 Å². The fraction of sp³-hybridized carbons (Fsp3) is 0.385. The monoisotopic (exact) mass is 478 g/mol. The minimum Gasteiger partial charge on any atom is -0.444 e. The molecule has 2 N–H and O–H groups in total. The zero-order valence-electron chi connectivity index (χ0n) is 19.8. The largest absolute Gasteiger partial charge is 0.444 e. The lowest BCUT2D eigenvalue weighted by Crippen LogP contribution is -2.45. The third kappa shape index (κ3) is 5.34. The lowest BCUT2D eigenvalue weighted by Gasteiger charge is -2.32. The van der Waals surface area contributed by atoms with Crippen LogP contribution in [0.2, 0.25) is 0 Å². The summed E-state index contributed by atoms with van der Waals surface area (Å²) in [6.07, 6.45) is 3.59. The normalized spacial score (nSPS) is 15.6. The van der Waals surface area contributed by atoms with Crippen LogP contribution in [0.3, 0.4) is 0 Å². The van der Waals surface area contributed by atoms with Gasteiger partial charge in [0.25, 0.3) is 5.19 Å². The van der Waals surface area contributed by atoms with Crippen molar-refractivity contribution in [2.75, 3.05) is 13.1 Å². The van der Waals surface area contributed by atoms with Crippen molar-refractivity contribution in [2.45, 2.75) is 51.8 Å². The number of carbonyl (C=O) groups is 1. The number of likely N-dealkylation sites (tertiary alicyclic amines) is 1. The molecule has 0 atom stereocenters. The van der Waals surface area contributed by atoms with E-state index in [9.17, 15) is 4.79 Å². The van der Waals surface area contributed by atoms with Crippen molar-refractivity contribution in [1.82, 2.24) is 20.2 Å². The number of piperidine rings is 1. The molecule has 1 aliphatic rings. The number of nitrogens with zero attached hydrogens (tertiary/aromatic N) is 2. The van der Waals surface area contributed by atoms with E-state index in [1.807, 2.05) is 51.1 Å². The van der Waals surface area contributed by atoms with E-state index >= 15 is 0 Å². The van der Waals surface area contributed by atoms with Crippen LogP contribution in [0.15, 0.2) is 48.7 Å². The van der Waals surface area contributed by atoms with Crippen molar-refractivity contribution in [2.24, 2.45) is 0 Å². The highest BCUT2D eigenvalue weighted by Crippen LogP contribution is 2.33. The quantitative estimate of drug-likeness (QED) is 0.365. The van der Waals surface area contributed by atoms with Crippen LogP contribution >= 0.6 is 11.3 Å². The van der Waals surface area contributed by atoms with Gasteiger partial charge in [0.05, 0.1) is 10.2 Å². The number of carbonyl (C=O) groups excluding carboxylic acids is 1. The summed E-state index contributed by atoms with van der Waals surface area (Å²) in [5.74, 6) is 0.772. The smallest absolute Gasteiger partial charge is 0.407 e. The van der Waals surface area contributed by atoms with Gasteiger partial charge in [-0.15, -0.1) is 0 Å². The van der Waals surface area contributed by atoms with Gasteiger partial charge in [-0.05, 0) is 63.4 Å². The third-order valence-corrected chi connectivity index (χ3v) is 6.84. The fourth-order valence-corrected chi connectivity index (χ4v) is 5.14. The number of H-pyrrole nitrogens is 1. The lowest BCUT2D eigenvalue weighted by atomic mass is 10.0. The average Bonchev–Trinajstić information content (AvgIpc) is 3.37. The van der Waals surface area contributed by atoms with E-state index in [4.69, 9.17) is 9.47 Å². The molecule has 0 bridgehead atoms. The summed E-state index contributed by atoms with van der Waals surface area (Å²) < 4.78 is 12.5. The van der Waals surface area contributed by atoms with Gasteiger partial charge >= 0.3 is 6.09 Å². The van der Waals surface area contributed by atoms with Gasteiger partial charge in [-0.2, -0.15) is 0 Å². The fourth-order valence-electron chi connectivity index (χ4n) is 4.31. The van der Waals surface area contributed by atoms with Crippen molar-refractivity contribution in [1.29, 1.82) is 0 Å². The number of amides is 1. The molecule has 5 rings (SSSR count). The molecule has 34 heavy (non-hydrogen) atoms. The van der Waals surface area contributed by atoms with Crippen LogP contribution in [0.1, 0.15) is 39.2 Å². The predicted octanol–water partition coefficient (Wildman–Crippen LogP) is 6.06. The summed E-state index contributed by atoms with van der Waals surface area (Å²) in [5.41, 5.74) is 2.80. The van der Waals surface area contributed by atoms with Gasteiger partial charge in [0.15, 0.2) is 0 Å². The minimum absolute atomic E-state index is 0.163. The van der Waals surface area contributed by atoms with Gasteiger partial charge in [-0.3, -0.25) is 4.90 Å². The SMILES string of the molecule is CC(C)(C)OC(=O)NC1CCN(Cc2c[nH]c3cc(Oc4nc5ccccc5s4)ccc23)CC1. The first-order chi connectivity index (χ1) is 16.3. The Labute approximate surface area is 203 Å². The number of hydrogen-bond acceptors (Lipinski definition) is 6. The molecular weight excluding hydrogens is 448 g/mol. The number of fused-ring (bicyclic) bond motifs is 2. The molecule has 2 aromatic heterocycles. The molecule has 3 heterocycles. The van der Waals surface area contributed by atoms with Crippen LogP contribution in [-0.2, 0) is 11.3 Å². The number of aromatic amines is 1. The van der Waals surface area contributed by atoms with Crippen molar-refractivity contribution in [3.63, 3.8) is 0 Å². The first-order valence-electron chi connectivity index (χ1n) is 11.7.